The maximum atomic E-state index is 13.3. The number of nitrogens with zero attached hydrogens (tertiary/aromatic N) is 1. The quantitative estimate of drug-likeness (QED) is 0.800. The first kappa shape index (κ1) is 14.3. The maximum Gasteiger partial charge on any atom is 0.409 e. The van der Waals surface area contributed by atoms with Gasteiger partial charge in [0, 0.05) is 13.1 Å². The smallest absolute Gasteiger partial charge is 0.409 e. The van der Waals surface area contributed by atoms with Crippen molar-refractivity contribution in [3.63, 3.8) is 0 Å². The first-order chi connectivity index (χ1) is 9.66. The van der Waals surface area contributed by atoms with E-state index in [1.54, 1.807) is 23.1 Å². The van der Waals surface area contributed by atoms with Crippen molar-refractivity contribution >= 4 is 12.0 Å². The Labute approximate surface area is 116 Å². The lowest BCUT2D eigenvalue weighted by atomic mass is 10.1. The number of hydrogen-bond donors (Lipinski definition) is 1. The minimum Gasteiger partial charge on any atom is -0.448 e. The van der Waals surface area contributed by atoms with E-state index in [2.05, 4.69) is 5.32 Å². The number of amides is 2. The molecule has 0 spiro atoms. The van der Waals surface area contributed by atoms with Gasteiger partial charge in [-0.3, -0.25) is 4.79 Å². The molecule has 0 bridgehead atoms. The molecule has 1 aliphatic rings. The van der Waals surface area contributed by atoms with Crippen molar-refractivity contribution in [2.75, 3.05) is 26.2 Å². The third-order valence-electron chi connectivity index (χ3n) is 3.08. The summed E-state index contributed by atoms with van der Waals surface area (Å²) in [5, 5.41) is 2.71. The van der Waals surface area contributed by atoms with Crippen molar-refractivity contribution in [3.05, 3.63) is 35.6 Å². The molecule has 1 fully saturated rings. The monoisotopic (exact) mass is 280 g/mol. The van der Waals surface area contributed by atoms with Crippen molar-refractivity contribution in [1.82, 2.24) is 10.2 Å². The highest BCUT2D eigenvalue weighted by molar-refractivity contribution is 5.78. The number of rotatable bonds is 6. The number of cyclic esters (lactones) is 1. The van der Waals surface area contributed by atoms with Crippen LogP contribution in [0.25, 0.3) is 0 Å². The average molecular weight is 280 g/mol. The lowest BCUT2D eigenvalue weighted by molar-refractivity contribution is -0.120. The zero-order valence-corrected chi connectivity index (χ0v) is 11.1. The molecule has 1 saturated heterocycles. The van der Waals surface area contributed by atoms with E-state index in [4.69, 9.17) is 4.74 Å². The molecule has 108 valence electrons. The van der Waals surface area contributed by atoms with Crippen LogP contribution in [0.4, 0.5) is 9.18 Å². The van der Waals surface area contributed by atoms with Gasteiger partial charge in [-0.05, 0) is 18.1 Å². The molecule has 1 aromatic carbocycles. The second-order valence-electron chi connectivity index (χ2n) is 4.57. The Kier molecular flexibility index (Phi) is 4.92. The van der Waals surface area contributed by atoms with Gasteiger partial charge in [-0.2, -0.15) is 0 Å². The van der Waals surface area contributed by atoms with Gasteiger partial charge in [0.05, 0.1) is 13.0 Å². The summed E-state index contributed by atoms with van der Waals surface area (Å²) in [6.45, 7) is 2.04. The van der Waals surface area contributed by atoms with Crippen molar-refractivity contribution < 1.29 is 18.7 Å². The number of nitrogens with one attached hydrogen (secondary N) is 1. The first-order valence-corrected chi connectivity index (χ1v) is 6.58. The van der Waals surface area contributed by atoms with Gasteiger partial charge in [-0.25, -0.2) is 9.18 Å². The summed E-state index contributed by atoms with van der Waals surface area (Å²) in [4.78, 5) is 24.4. The highest BCUT2D eigenvalue weighted by Gasteiger charge is 2.20. The van der Waals surface area contributed by atoms with Crippen molar-refractivity contribution in [1.29, 1.82) is 0 Å². The van der Waals surface area contributed by atoms with E-state index in [9.17, 15) is 14.0 Å². The molecule has 5 nitrogen and oxygen atoms in total. The fourth-order valence-corrected chi connectivity index (χ4v) is 2.00. The fraction of sp³-hybridized carbons (Fsp3) is 0.429. The average Bonchev–Trinajstić information content (AvgIpc) is 2.83. The summed E-state index contributed by atoms with van der Waals surface area (Å²) >= 11 is 0. The van der Waals surface area contributed by atoms with Crippen LogP contribution in [-0.4, -0.2) is 43.1 Å². The summed E-state index contributed by atoms with van der Waals surface area (Å²) in [5.74, 6) is -0.596. The van der Waals surface area contributed by atoms with E-state index in [1.807, 2.05) is 0 Å². The van der Waals surface area contributed by atoms with Gasteiger partial charge in [0.2, 0.25) is 5.91 Å². The lowest BCUT2D eigenvalue weighted by Crippen LogP contribution is -2.31. The summed E-state index contributed by atoms with van der Waals surface area (Å²) in [7, 11) is 0. The van der Waals surface area contributed by atoms with Gasteiger partial charge < -0.3 is 15.0 Å². The summed E-state index contributed by atoms with van der Waals surface area (Å²) in [6, 6.07) is 6.22. The Bertz CT molecular complexity index is 493. The highest BCUT2D eigenvalue weighted by atomic mass is 19.1. The van der Waals surface area contributed by atoms with Crippen molar-refractivity contribution in [2.24, 2.45) is 0 Å². The number of carbonyl (C=O) groups is 2. The van der Waals surface area contributed by atoms with Gasteiger partial charge in [0.25, 0.3) is 0 Å². The lowest BCUT2D eigenvalue weighted by Gasteiger charge is -2.12. The van der Waals surface area contributed by atoms with Crippen LogP contribution in [-0.2, 0) is 16.0 Å². The SMILES string of the molecule is O=C(Cc1ccccc1F)NCCCN1CCOC1=O. The normalized spacial score (nSPS) is 14.2. The molecule has 0 saturated carbocycles. The van der Waals surface area contributed by atoms with Gasteiger partial charge in [-0.1, -0.05) is 18.2 Å². The van der Waals surface area contributed by atoms with Crippen LogP contribution in [0, 0.1) is 5.82 Å². The summed E-state index contributed by atoms with van der Waals surface area (Å²) in [5.41, 5.74) is 0.383. The third kappa shape index (κ3) is 3.94. The number of halogens is 1. The zero-order chi connectivity index (χ0) is 14.4. The topological polar surface area (TPSA) is 58.6 Å². The molecule has 0 unspecified atom stereocenters. The second kappa shape index (κ2) is 6.88. The second-order valence-corrected chi connectivity index (χ2v) is 4.57. The van der Waals surface area contributed by atoms with Gasteiger partial charge in [-0.15, -0.1) is 0 Å². The predicted octanol–water partition coefficient (Wildman–Crippen LogP) is 1.33. The Morgan fingerprint density at radius 2 is 2.20 bits per heavy atom. The summed E-state index contributed by atoms with van der Waals surface area (Å²) < 4.78 is 18.1. The van der Waals surface area contributed by atoms with E-state index in [1.165, 1.54) is 6.07 Å². The van der Waals surface area contributed by atoms with Crippen LogP contribution in [0.5, 0.6) is 0 Å². The van der Waals surface area contributed by atoms with E-state index < -0.39 is 0 Å². The molecule has 1 aliphatic heterocycles. The van der Waals surface area contributed by atoms with Crippen LogP contribution >= 0.6 is 0 Å². The molecule has 0 radical (unpaired) electrons. The van der Waals surface area contributed by atoms with Gasteiger partial charge >= 0.3 is 6.09 Å². The Balaban J connectivity index is 1.65. The van der Waals surface area contributed by atoms with Gasteiger partial charge in [0.15, 0.2) is 0 Å². The molecule has 1 heterocycles. The van der Waals surface area contributed by atoms with Crippen molar-refractivity contribution in [2.45, 2.75) is 12.8 Å². The fourth-order valence-electron chi connectivity index (χ4n) is 2.00. The van der Waals surface area contributed by atoms with Gasteiger partial charge in [0.1, 0.15) is 12.4 Å². The largest absolute Gasteiger partial charge is 0.448 e. The molecular formula is C14H17FN2O3. The van der Waals surface area contributed by atoms with E-state index >= 15 is 0 Å². The third-order valence-corrected chi connectivity index (χ3v) is 3.08. The van der Waals surface area contributed by atoms with Crippen LogP contribution in [0.1, 0.15) is 12.0 Å². The minimum absolute atomic E-state index is 0.0262. The standard InChI is InChI=1S/C14H17FN2O3/c15-12-5-2-1-4-11(12)10-13(18)16-6-3-7-17-8-9-20-14(17)19/h1-2,4-5H,3,6-10H2,(H,16,18). The molecule has 2 amide bonds. The molecule has 0 aromatic heterocycles. The van der Waals surface area contributed by atoms with E-state index in [-0.39, 0.29) is 24.2 Å². The number of ether oxygens (including phenoxy) is 1. The number of benzene rings is 1. The van der Waals surface area contributed by atoms with Crippen LogP contribution < -0.4 is 5.32 Å². The molecule has 0 atom stereocenters. The number of hydrogen-bond acceptors (Lipinski definition) is 3. The Hall–Kier alpha value is -2.11. The molecule has 20 heavy (non-hydrogen) atoms. The summed E-state index contributed by atoms with van der Waals surface area (Å²) in [6.07, 6.45) is 0.374. The van der Waals surface area contributed by atoms with Crippen LogP contribution in [0.15, 0.2) is 24.3 Å². The predicted molar refractivity (Wildman–Crippen MR) is 70.7 cm³/mol. The molecule has 2 rings (SSSR count). The van der Waals surface area contributed by atoms with Crippen LogP contribution in [0.3, 0.4) is 0 Å². The maximum absolute atomic E-state index is 13.3. The zero-order valence-electron chi connectivity index (χ0n) is 11.1. The molecule has 6 heteroatoms. The highest BCUT2D eigenvalue weighted by Crippen LogP contribution is 2.07. The van der Waals surface area contributed by atoms with Crippen LogP contribution in [0.2, 0.25) is 0 Å². The molecule has 1 N–H and O–H groups in total. The number of carbonyl (C=O) groups excluding carboxylic acids is 2. The molecule has 1 aromatic rings. The minimum atomic E-state index is -0.373. The van der Waals surface area contributed by atoms with E-state index in [0.29, 0.717) is 38.2 Å². The van der Waals surface area contributed by atoms with Crippen molar-refractivity contribution in [3.8, 4) is 0 Å². The molecular weight excluding hydrogens is 263 g/mol. The Morgan fingerprint density at radius 1 is 1.40 bits per heavy atom. The Morgan fingerprint density at radius 3 is 2.90 bits per heavy atom. The van der Waals surface area contributed by atoms with E-state index in [0.717, 1.165) is 0 Å². The molecule has 0 aliphatic carbocycles. The first-order valence-electron chi connectivity index (χ1n) is 6.58.